The van der Waals surface area contributed by atoms with Gasteiger partial charge in [-0.1, -0.05) is 29.8 Å². The number of alkyl halides is 3. The van der Waals surface area contributed by atoms with Gasteiger partial charge >= 0.3 is 12.1 Å². The van der Waals surface area contributed by atoms with Gasteiger partial charge in [0, 0.05) is 31.2 Å². The highest BCUT2D eigenvalue weighted by molar-refractivity contribution is 7.89. The molecule has 33 heavy (non-hydrogen) atoms. The summed E-state index contributed by atoms with van der Waals surface area (Å²) in [5.41, 5.74) is -0.765. The fraction of sp³-hybridized carbons (Fsp3) is 0.333. The second-order valence-corrected chi connectivity index (χ2v) is 9.65. The summed E-state index contributed by atoms with van der Waals surface area (Å²) >= 11 is 5.79. The van der Waals surface area contributed by atoms with Crippen LogP contribution in [0.3, 0.4) is 0 Å². The van der Waals surface area contributed by atoms with Gasteiger partial charge in [-0.3, -0.25) is 9.59 Å². The van der Waals surface area contributed by atoms with Gasteiger partial charge in [0.15, 0.2) is 6.61 Å². The van der Waals surface area contributed by atoms with Gasteiger partial charge in [0.2, 0.25) is 10.0 Å². The molecule has 0 aliphatic carbocycles. The lowest BCUT2D eigenvalue weighted by molar-refractivity contribution is -0.152. The van der Waals surface area contributed by atoms with Crippen LogP contribution < -0.4 is 0 Å². The Bertz CT molecular complexity index is 1120. The second kappa shape index (κ2) is 10.1. The third-order valence-corrected chi connectivity index (χ3v) is 7.17. The van der Waals surface area contributed by atoms with E-state index < -0.39 is 46.7 Å². The number of carbonyl (C=O) groups is 2. The van der Waals surface area contributed by atoms with E-state index in [1.807, 2.05) is 0 Å². The highest BCUT2D eigenvalue weighted by Gasteiger charge is 2.31. The monoisotopic (exact) mass is 504 g/mol. The number of benzene rings is 2. The first-order valence-electron chi connectivity index (χ1n) is 9.82. The Morgan fingerprint density at radius 3 is 2.24 bits per heavy atom. The molecule has 1 aliphatic heterocycles. The minimum Gasteiger partial charge on any atom is -0.455 e. The molecule has 7 nitrogen and oxygen atoms in total. The summed E-state index contributed by atoms with van der Waals surface area (Å²) in [6.07, 6.45) is -4.94. The van der Waals surface area contributed by atoms with Crippen molar-refractivity contribution in [2.24, 2.45) is 0 Å². The SMILES string of the molecule is O=C(Cc1cccc(C(F)(F)F)c1)OCC(=O)N1CCN(S(=O)(=O)c2ccc(Cl)cc2)CC1. The van der Waals surface area contributed by atoms with E-state index in [2.05, 4.69) is 0 Å². The van der Waals surface area contributed by atoms with E-state index >= 15 is 0 Å². The number of amides is 1. The van der Waals surface area contributed by atoms with E-state index in [0.717, 1.165) is 12.1 Å². The molecule has 1 heterocycles. The number of piperazine rings is 1. The molecule has 0 bridgehead atoms. The van der Waals surface area contributed by atoms with Crippen molar-refractivity contribution in [1.82, 2.24) is 9.21 Å². The highest BCUT2D eigenvalue weighted by atomic mass is 35.5. The number of sulfonamides is 1. The lowest BCUT2D eigenvalue weighted by atomic mass is 10.1. The van der Waals surface area contributed by atoms with Crippen LogP contribution in [-0.2, 0) is 36.9 Å². The normalized spacial score (nSPS) is 15.3. The fourth-order valence-electron chi connectivity index (χ4n) is 3.24. The molecule has 0 N–H and O–H groups in total. The van der Waals surface area contributed by atoms with Gasteiger partial charge in [0.25, 0.3) is 5.91 Å². The van der Waals surface area contributed by atoms with Crippen molar-refractivity contribution in [3.8, 4) is 0 Å². The number of nitrogens with zero attached hydrogens (tertiary/aromatic N) is 2. The van der Waals surface area contributed by atoms with Crippen molar-refractivity contribution < 1.29 is 35.9 Å². The molecule has 0 spiro atoms. The summed E-state index contributed by atoms with van der Waals surface area (Å²) < 4.78 is 69.8. The maximum absolute atomic E-state index is 12.8. The summed E-state index contributed by atoms with van der Waals surface area (Å²) in [6.45, 7) is -0.237. The summed E-state index contributed by atoms with van der Waals surface area (Å²) in [5, 5.41) is 0.409. The molecule has 1 aliphatic rings. The van der Waals surface area contributed by atoms with Gasteiger partial charge in [0.1, 0.15) is 0 Å². The molecule has 12 heteroatoms. The number of hydrogen-bond donors (Lipinski definition) is 0. The molecular weight excluding hydrogens is 485 g/mol. The quantitative estimate of drug-likeness (QED) is 0.565. The molecule has 0 saturated carbocycles. The minimum absolute atomic E-state index is 0.0644. The average molecular weight is 505 g/mol. The van der Waals surface area contributed by atoms with Crippen LogP contribution in [0.4, 0.5) is 13.2 Å². The van der Waals surface area contributed by atoms with Crippen molar-refractivity contribution in [3.63, 3.8) is 0 Å². The first-order valence-corrected chi connectivity index (χ1v) is 11.6. The van der Waals surface area contributed by atoms with Crippen molar-refractivity contribution in [3.05, 3.63) is 64.7 Å². The van der Waals surface area contributed by atoms with E-state index in [4.69, 9.17) is 16.3 Å². The zero-order valence-electron chi connectivity index (χ0n) is 17.2. The number of rotatable bonds is 6. The van der Waals surface area contributed by atoms with E-state index in [0.29, 0.717) is 5.02 Å². The summed E-state index contributed by atoms with van der Waals surface area (Å²) in [4.78, 5) is 25.7. The van der Waals surface area contributed by atoms with E-state index in [1.165, 1.54) is 45.6 Å². The van der Waals surface area contributed by atoms with Crippen molar-refractivity contribution in [2.75, 3.05) is 32.8 Å². The average Bonchev–Trinajstić information content (AvgIpc) is 2.77. The van der Waals surface area contributed by atoms with E-state index in [9.17, 15) is 31.2 Å². The van der Waals surface area contributed by atoms with Gasteiger partial charge in [-0.05, 0) is 35.9 Å². The third-order valence-electron chi connectivity index (χ3n) is 5.00. The third kappa shape index (κ3) is 6.46. The van der Waals surface area contributed by atoms with Crippen molar-refractivity contribution in [2.45, 2.75) is 17.5 Å². The van der Waals surface area contributed by atoms with Crippen LogP contribution in [0.1, 0.15) is 11.1 Å². The first-order chi connectivity index (χ1) is 15.5. The molecule has 2 aromatic rings. The number of carbonyl (C=O) groups excluding carboxylic acids is 2. The highest BCUT2D eigenvalue weighted by Crippen LogP contribution is 2.29. The lowest BCUT2D eigenvalue weighted by Gasteiger charge is -2.33. The number of esters is 1. The molecule has 0 unspecified atom stereocenters. The van der Waals surface area contributed by atoms with Crippen LogP contribution in [0.5, 0.6) is 0 Å². The molecule has 0 aromatic heterocycles. The smallest absolute Gasteiger partial charge is 0.416 e. The van der Waals surface area contributed by atoms with Gasteiger partial charge in [-0.25, -0.2) is 8.42 Å². The van der Waals surface area contributed by atoms with Crippen LogP contribution >= 0.6 is 11.6 Å². The van der Waals surface area contributed by atoms with Crippen LogP contribution in [0, 0.1) is 0 Å². The zero-order chi connectivity index (χ0) is 24.2. The number of halogens is 4. The molecule has 3 rings (SSSR count). The maximum atomic E-state index is 12.8. The molecule has 1 fully saturated rings. The summed E-state index contributed by atoms with van der Waals surface area (Å²) in [5.74, 6) is -1.36. The van der Waals surface area contributed by atoms with Crippen LogP contribution in [0.15, 0.2) is 53.4 Å². The largest absolute Gasteiger partial charge is 0.455 e. The van der Waals surface area contributed by atoms with Crippen molar-refractivity contribution in [1.29, 1.82) is 0 Å². The van der Waals surface area contributed by atoms with Crippen LogP contribution in [-0.4, -0.2) is 62.3 Å². The summed E-state index contributed by atoms with van der Waals surface area (Å²) in [6, 6.07) is 10.0. The predicted molar refractivity (Wildman–Crippen MR) is 113 cm³/mol. The first kappa shape index (κ1) is 25.0. The Hall–Kier alpha value is -2.63. The Kier molecular flexibility index (Phi) is 7.65. The Morgan fingerprint density at radius 2 is 1.64 bits per heavy atom. The maximum Gasteiger partial charge on any atom is 0.416 e. The van der Waals surface area contributed by atoms with Gasteiger partial charge < -0.3 is 9.64 Å². The standard InChI is InChI=1S/C21H20ClF3N2O5S/c22-17-4-6-18(7-5-17)33(30,31)27-10-8-26(9-11-27)19(28)14-32-20(29)13-15-2-1-3-16(12-15)21(23,24)25/h1-7,12H,8-11,13-14H2. The molecular formula is C21H20ClF3N2O5S. The molecule has 178 valence electrons. The van der Waals surface area contributed by atoms with E-state index in [1.54, 1.807) is 0 Å². The number of ether oxygens (including phenoxy) is 1. The lowest BCUT2D eigenvalue weighted by Crippen LogP contribution is -2.51. The summed E-state index contributed by atoms with van der Waals surface area (Å²) in [7, 11) is -3.73. The van der Waals surface area contributed by atoms with Gasteiger partial charge in [0.05, 0.1) is 16.9 Å². The minimum atomic E-state index is -4.53. The van der Waals surface area contributed by atoms with Crippen molar-refractivity contribution >= 4 is 33.5 Å². The van der Waals surface area contributed by atoms with Gasteiger partial charge in [-0.15, -0.1) is 0 Å². The topological polar surface area (TPSA) is 84.0 Å². The fourth-order valence-corrected chi connectivity index (χ4v) is 4.79. The second-order valence-electron chi connectivity index (χ2n) is 7.27. The molecule has 1 saturated heterocycles. The predicted octanol–water partition coefficient (Wildman–Crippen LogP) is 2.98. The Labute approximate surface area is 193 Å². The molecule has 2 aromatic carbocycles. The van der Waals surface area contributed by atoms with Crippen LogP contribution in [0.2, 0.25) is 5.02 Å². The van der Waals surface area contributed by atoms with E-state index in [-0.39, 0.29) is 36.6 Å². The Morgan fingerprint density at radius 1 is 1.00 bits per heavy atom. The van der Waals surface area contributed by atoms with Gasteiger partial charge in [-0.2, -0.15) is 17.5 Å². The zero-order valence-corrected chi connectivity index (χ0v) is 18.8. The Balaban J connectivity index is 1.48. The molecule has 0 atom stereocenters. The molecule has 0 radical (unpaired) electrons. The van der Waals surface area contributed by atoms with Crippen LogP contribution in [0.25, 0.3) is 0 Å². The molecule has 1 amide bonds. The number of hydrogen-bond acceptors (Lipinski definition) is 5.